The zero-order chi connectivity index (χ0) is 20.3. The number of halogens is 2. The van der Waals surface area contributed by atoms with E-state index in [4.69, 9.17) is 0 Å². The highest BCUT2D eigenvalue weighted by molar-refractivity contribution is 6.05. The Morgan fingerprint density at radius 1 is 1.14 bits per heavy atom. The molecule has 0 radical (unpaired) electrons. The highest BCUT2D eigenvalue weighted by atomic mass is 19.1. The quantitative estimate of drug-likeness (QED) is 0.522. The second-order valence-corrected chi connectivity index (χ2v) is 6.96. The first-order valence-corrected chi connectivity index (χ1v) is 8.86. The number of nitrogens with one attached hydrogen (secondary N) is 1. The van der Waals surface area contributed by atoms with Crippen LogP contribution in [0.4, 0.5) is 14.5 Å². The third-order valence-electron chi connectivity index (χ3n) is 5.16. The summed E-state index contributed by atoms with van der Waals surface area (Å²) in [6.07, 6.45) is 3.12. The van der Waals surface area contributed by atoms with Crippen molar-refractivity contribution >= 4 is 22.6 Å². The van der Waals surface area contributed by atoms with E-state index < -0.39 is 29.7 Å². The molecule has 29 heavy (non-hydrogen) atoms. The number of aliphatic hydroxyl groups is 1. The van der Waals surface area contributed by atoms with Gasteiger partial charge in [-0.25, -0.2) is 13.8 Å². The SMILES string of the molecule is Cn1cc(-c2cc(F)c([C@@H]3[C@H](O)C(=O)N3c3ccc4[nH]cnc4c3)c(F)c2)cn1. The van der Waals surface area contributed by atoms with Crippen LogP contribution in [0, 0.1) is 11.6 Å². The number of nitrogens with zero attached hydrogens (tertiary/aromatic N) is 4. The predicted octanol–water partition coefficient (Wildman–Crippen LogP) is 2.69. The summed E-state index contributed by atoms with van der Waals surface area (Å²) in [5.41, 5.74) is 2.29. The Kier molecular flexibility index (Phi) is 3.75. The molecule has 2 aromatic heterocycles. The van der Waals surface area contributed by atoms with Crippen LogP contribution in [-0.4, -0.2) is 36.9 Å². The fraction of sp³-hybridized carbons (Fsp3) is 0.150. The van der Waals surface area contributed by atoms with E-state index in [1.54, 1.807) is 31.4 Å². The molecule has 1 amide bonds. The molecule has 2 aromatic carbocycles. The second kappa shape index (κ2) is 6.21. The molecule has 2 atom stereocenters. The fourth-order valence-corrected chi connectivity index (χ4v) is 3.72. The van der Waals surface area contributed by atoms with Crippen molar-refractivity contribution in [2.24, 2.45) is 7.05 Å². The molecule has 146 valence electrons. The summed E-state index contributed by atoms with van der Waals surface area (Å²) in [7, 11) is 1.70. The molecule has 1 aliphatic heterocycles. The zero-order valence-corrected chi connectivity index (χ0v) is 15.2. The number of β-lactam (4-membered cyclic amide) rings is 1. The molecule has 0 saturated carbocycles. The molecule has 0 unspecified atom stereocenters. The lowest BCUT2D eigenvalue weighted by atomic mass is 9.88. The maximum atomic E-state index is 14.9. The average Bonchev–Trinajstić information content (AvgIpc) is 3.34. The van der Waals surface area contributed by atoms with Crippen LogP contribution < -0.4 is 4.90 Å². The van der Waals surface area contributed by atoms with Gasteiger partial charge < -0.3 is 10.1 Å². The molecule has 5 rings (SSSR count). The minimum Gasteiger partial charge on any atom is -0.381 e. The zero-order valence-electron chi connectivity index (χ0n) is 15.2. The summed E-state index contributed by atoms with van der Waals surface area (Å²) in [5.74, 6) is -2.31. The number of benzene rings is 2. The van der Waals surface area contributed by atoms with Crippen molar-refractivity contribution in [3.05, 3.63) is 66.3 Å². The van der Waals surface area contributed by atoms with Crippen molar-refractivity contribution in [1.82, 2.24) is 19.7 Å². The third-order valence-corrected chi connectivity index (χ3v) is 5.16. The van der Waals surface area contributed by atoms with Crippen LogP contribution in [0.25, 0.3) is 22.2 Å². The van der Waals surface area contributed by atoms with E-state index >= 15 is 0 Å². The normalized spacial score (nSPS) is 19.0. The van der Waals surface area contributed by atoms with Gasteiger partial charge in [-0.3, -0.25) is 14.4 Å². The topological polar surface area (TPSA) is 87.0 Å². The van der Waals surface area contributed by atoms with Crippen LogP contribution in [0.1, 0.15) is 11.6 Å². The van der Waals surface area contributed by atoms with Crippen LogP contribution in [0.2, 0.25) is 0 Å². The minimum absolute atomic E-state index is 0.321. The van der Waals surface area contributed by atoms with E-state index in [0.717, 1.165) is 5.52 Å². The van der Waals surface area contributed by atoms with E-state index in [1.165, 1.54) is 34.2 Å². The maximum Gasteiger partial charge on any atom is 0.259 e. The third kappa shape index (κ3) is 2.62. The largest absolute Gasteiger partial charge is 0.381 e. The van der Waals surface area contributed by atoms with E-state index in [2.05, 4.69) is 15.1 Å². The first-order valence-electron chi connectivity index (χ1n) is 8.86. The number of aromatic amines is 1. The first kappa shape index (κ1) is 17.5. The number of carbonyl (C=O) groups excluding carboxylic acids is 1. The van der Waals surface area contributed by atoms with Crippen molar-refractivity contribution in [2.45, 2.75) is 12.1 Å². The predicted molar refractivity (Wildman–Crippen MR) is 101 cm³/mol. The van der Waals surface area contributed by atoms with Crippen molar-refractivity contribution < 1.29 is 18.7 Å². The fourth-order valence-electron chi connectivity index (χ4n) is 3.72. The van der Waals surface area contributed by atoms with Crippen molar-refractivity contribution in [1.29, 1.82) is 0 Å². The van der Waals surface area contributed by atoms with Crippen molar-refractivity contribution in [3.8, 4) is 11.1 Å². The van der Waals surface area contributed by atoms with Crippen LogP contribution >= 0.6 is 0 Å². The van der Waals surface area contributed by atoms with Gasteiger partial charge in [0, 0.05) is 30.1 Å². The summed E-state index contributed by atoms with van der Waals surface area (Å²) in [6, 6.07) is 6.17. The molecule has 7 nitrogen and oxygen atoms in total. The van der Waals surface area contributed by atoms with Crippen molar-refractivity contribution in [2.75, 3.05) is 4.90 Å². The molecule has 1 aliphatic rings. The summed E-state index contributed by atoms with van der Waals surface area (Å²) < 4.78 is 31.4. The van der Waals surface area contributed by atoms with Gasteiger partial charge in [0.2, 0.25) is 0 Å². The Bertz CT molecular complexity index is 1240. The second-order valence-electron chi connectivity index (χ2n) is 6.96. The van der Waals surface area contributed by atoms with Gasteiger partial charge in [0.1, 0.15) is 17.7 Å². The molecule has 2 N–H and O–H groups in total. The monoisotopic (exact) mass is 395 g/mol. The Labute approximate surface area is 163 Å². The van der Waals surface area contributed by atoms with Crippen LogP contribution in [0.15, 0.2) is 49.1 Å². The van der Waals surface area contributed by atoms with Gasteiger partial charge in [-0.1, -0.05) is 0 Å². The van der Waals surface area contributed by atoms with E-state index in [9.17, 15) is 18.7 Å². The lowest BCUT2D eigenvalue weighted by Crippen LogP contribution is -2.59. The summed E-state index contributed by atoms with van der Waals surface area (Å²) >= 11 is 0. The van der Waals surface area contributed by atoms with E-state index in [1.807, 2.05) is 0 Å². The number of H-pyrrole nitrogens is 1. The lowest BCUT2D eigenvalue weighted by molar-refractivity contribution is -0.137. The number of aromatic nitrogens is 4. The number of carbonyl (C=O) groups is 1. The molecular formula is C20H15F2N5O2. The number of fused-ring (bicyclic) bond motifs is 1. The van der Waals surface area contributed by atoms with Crippen LogP contribution in [-0.2, 0) is 11.8 Å². The Hall–Kier alpha value is -3.59. The number of aliphatic hydroxyl groups excluding tert-OH is 1. The molecule has 1 fully saturated rings. The molecule has 0 spiro atoms. The smallest absolute Gasteiger partial charge is 0.259 e. The van der Waals surface area contributed by atoms with E-state index in [-0.39, 0.29) is 5.56 Å². The Balaban J connectivity index is 1.57. The molecule has 0 aliphatic carbocycles. The van der Waals surface area contributed by atoms with Crippen LogP contribution in [0.3, 0.4) is 0 Å². The van der Waals surface area contributed by atoms with Gasteiger partial charge in [-0.05, 0) is 35.9 Å². The van der Waals surface area contributed by atoms with Gasteiger partial charge >= 0.3 is 0 Å². The number of imidazole rings is 1. The Morgan fingerprint density at radius 3 is 2.59 bits per heavy atom. The molecule has 4 aromatic rings. The highest BCUT2D eigenvalue weighted by Gasteiger charge is 2.50. The minimum atomic E-state index is -1.53. The first-order chi connectivity index (χ1) is 13.9. The number of anilines is 1. The number of hydrogen-bond acceptors (Lipinski definition) is 4. The van der Waals surface area contributed by atoms with Gasteiger partial charge in [0.25, 0.3) is 5.91 Å². The molecule has 1 saturated heterocycles. The van der Waals surface area contributed by atoms with Gasteiger partial charge in [0.05, 0.1) is 23.6 Å². The standard InChI is InChI=1S/C20H15F2N5O2/c1-26-8-11(7-25-26)10-4-13(21)17(14(22)5-10)18-19(28)20(29)27(18)12-2-3-15-16(6-12)24-9-23-15/h2-9,18-19,28H,1H3,(H,23,24)/t18-,19+/m1/s1. The summed E-state index contributed by atoms with van der Waals surface area (Å²) in [6.45, 7) is 0. The maximum absolute atomic E-state index is 14.9. The molecular weight excluding hydrogens is 380 g/mol. The molecule has 9 heteroatoms. The number of aryl methyl sites for hydroxylation is 1. The molecule has 3 heterocycles. The van der Waals surface area contributed by atoms with Crippen molar-refractivity contribution in [3.63, 3.8) is 0 Å². The lowest BCUT2D eigenvalue weighted by Gasteiger charge is -2.44. The van der Waals surface area contributed by atoms with Gasteiger partial charge in [-0.2, -0.15) is 5.10 Å². The number of amides is 1. The van der Waals surface area contributed by atoms with Gasteiger partial charge in [-0.15, -0.1) is 0 Å². The number of hydrogen-bond donors (Lipinski definition) is 2. The highest BCUT2D eigenvalue weighted by Crippen LogP contribution is 2.42. The summed E-state index contributed by atoms with van der Waals surface area (Å²) in [5, 5.41) is 14.2. The van der Waals surface area contributed by atoms with E-state index in [0.29, 0.717) is 22.3 Å². The Morgan fingerprint density at radius 2 is 1.90 bits per heavy atom. The molecule has 0 bridgehead atoms. The van der Waals surface area contributed by atoms with Crippen LogP contribution in [0.5, 0.6) is 0 Å². The average molecular weight is 395 g/mol. The summed E-state index contributed by atoms with van der Waals surface area (Å²) in [4.78, 5) is 20.6. The number of rotatable bonds is 3. The van der Waals surface area contributed by atoms with Gasteiger partial charge in [0.15, 0.2) is 6.10 Å².